The normalized spacial score (nSPS) is 31.0. The molecule has 0 amide bonds. The number of fused-ring (bicyclic) bond motifs is 7. The Morgan fingerprint density at radius 1 is 1.15 bits per heavy atom. The van der Waals surface area contributed by atoms with Crippen molar-refractivity contribution in [2.75, 3.05) is 12.4 Å². The molecule has 0 saturated heterocycles. The Morgan fingerprint density at radius 3 is 2.77 bits per heavy atom. The summed E-state index contributed by atoms with van der Waals surface area (Å²) in [5.41, 5.74) is 3.61. The third-order valence-electron chi connectivity index (χ3n) is 6.80. The fourth-order valence-electron chi connectivity index (χ4n) is 5.86. The number of methoxy groups -OCH3 is 1. The van der Waals surface area contributed by atoms with Crippen LogP contribution in [-0.4, -0.2) is 18.2 Å². The van der Waals surface area contributed by atoms with Gasteiger partial charge in [0, 0.05) is 0 Å². The highest BCUT2D eigenvalue weighted by Crippen LogP contribution is 2.64. The van der Waals surface area contributed by atoms with Crippen LogP contribution < -0.4 is 10.1 Å². The summed E-state index contributed by atoms with van der Waals surface area (Å²) >= 11 is 0. The standard InChI is InChI=1S/C22H23NO3/c1-26-15-5-2-4-14(11-15)20-19-13-9-8-12(10-13)18(19)16-6-3-7-17(22(24)25)21(16)23-20/h2-7,11-13,18-20,23H,8-10H2,1H3,(H,24,25)/t12-,13-,18+,19+,20+/m0/s1. The molecule has 1 heterocycles. The summed E-state index contributed by atoms with van der Waals surface area (Å²) < 4.78 is 5.43. The zero-order valence-electron chi connectivity index (χ0n) is 14.8. The van der Waals surface area contributed by atoms with Gasteiger partial charge < -0.3 is 15.2 Å². The van der Waals surface area contributed by atoms with Crippen LogP contribution in [0.15, 0.2) is 42.5 Å². The minimum atomic E-state index is -0.861. The van der Waals surface area contributed by atoms with Gasteiger partial charge >= 0.3 is 5.97 Å². The van der Waals surface area contributed by atoms with Crippen molar-refractivity contribution >= 4 is 11.7 Å². The second-order valence-electron chi connectivity index (χ2n) is 7.91. The summed E-state index contributed by atoms with van der Waals surface area (Å²) in [6, 6.07) is 14.1. The van der Waals surface area contributed by atoms with Crippen molar-refractivity contribution in [2.45, 2.75) is 31.2 Å². The fourth-order valence-corrected chi connectivity index (χ4v) is 5.86. The molecule has 0 aromatic heterocycles. The van der Waals surface area contributed by atoms with Crippen molar-refractivity contribution in [2.24, 2.45) is 17.8 Å². The lowest BCUT2D eigenvalue weighted by Gasteiger charge is -2.44. The van der Waals surface area contributed by atoms with E-state index in [2.05, 4.69) is 23.5 Å². The molecule has 0 radical (unpaired) electrons. The molecule has 0 unspecified atom stereocenters. The molecular formula is C22H23NO3. The van der Waals surface area contributed by atoms with Gasteiger partial charge in [-0.05, 0) is 72.3 Å². The van der Waals surface area contributed by atoms with E-state index in [4.69, 9.17) is 4.74 Å². The molecule has 2 aliphatic carbocycles. The summed E-state index contributed by atoms with van der Waals surface area (Å²) in [5.74, 6) is 2.37. The zero-order valence-corrected chi connectivity index (χ0v) is 14.8. The highest BCUT2D eigenvalue weighted by molar-refractivity contribution is 5.95. The predicted octanol–water partition coefficient (Wildman–Crippen LogP) is 4.69. The molecule has 2 aromatic rings. The molecule has 2 N–H and O–H groups in total. The van der Waals surface area contributed by atoms with Crippen LogP contribution in [0.1, 0.15) is 52.7 Å². The molecule has 1 aliphatic heterocycles. The Bertz CT molecular complexity index is 877. The predicted molar refractivity (Wildman–Crippen MR) is 99.8 cm³/mol. The molecule has 3 aliphatic rings. The topological polar surface area (TPSA) is 58.6 Å². The largest absolute Gasteiger partial charge is 0.497 e. The summed E-state index contributed by atoms with van der Waals surface area (Å²) in [7, 11) is 1.69. The molecule has 134 valence electrons. The van der Waals surface area contributed by atoms with Crippen LogP contribution in [0.5, 0.6) is 5.75 Å². The summed E-state index contributed by atoms with van der Waals surface area (Å²) in [5, 5.41) is 13.3. The molecule has 2 bridgehead atoms. The van der Waals surface area contributed by atoms with E-state index in [0.717, 1.165) is 17.4 Å². The second kappa shape index (κ2) is 5.76. The van der Waals surface area contributed by atoms with E-state index in [-0.39, 0.29) is 6.04 Å². The third-order valence-corrected chi connectivity index (χ3v) is 6.80. The van der Waals surface area contributed by atoms with Gasteiger partial charge in [-0.3, -0.25) is 0 Å². The van der Waals surface area contributed by atoms with Gasteiger partial charge in [0.05, 0.1) is 24.4 Å². The van der Waals surface area contributed by atoms with Gasteiger partial charge in [0.2, 0.25) is 0 Å². The second-order valence-corrected chi connectivity index (χ2v) is 7.91. The molecular weight excluding hydrogens is 326 g/mol. The molecule has 26 heavy (non-hydrogen) atoms. The van der Waals surface area contributed by atoms with E-state index in [1.807, 2.05) is 18.2 Å². The number of hydrogen-bond donors (Lipinski definition) is 2. The van der Waals surface area contributed by atoms with Gasteiger partial charge in [-0.15, -0.1) is 0 Å². The minimum absolute atomic E-state index is 0.137. The monoisotopic (exact) mass is 349 g/mol. The maximum absolute atomic E-state index is 11.8. The molecule has 0 spiro atoms. The van der Waals surface area contributed by atoms with Gasteiger partial charge in [-0.1, -0.05) is 24.3 Å². The van der Waals surface area contributed by atoms with Crippen LogP contribution >= 0.6 is 0 Å². The van der Waals surface area contributed by atoms with Crippen molar-refractivity contribution in [1.82, 2.24) is 0 Å². The number of aromatic carboxylic acids is 1. The lowest BCUT2D eigenvalue weighted by molar-refractivity contribution is 0.0697. The Morgan fingerprint density at radius 2 is 1.96 bits per heavy atom. The lowest BCUT2D eigenvalue weighted by atomic mass is 9.67. The molecule has 2 aromatic carbocycles. The SMILES string of the molecule is COc1cccc([C@H]2Nc3c(C(=O)O)cccc3[C@H]3[C@H]4CC[C@@H](C4)[C@H]32)c1. The van der Waals surface area contributed by atoms with Crippen molar-refractivity contribution in [3.63, 3.8) is 0 Å². The van der Waals surface area contributed by atoms with E-state index in [0.29, 0.717) is 23.3 Å². The number of ether oxygens (including phenoxy) is 1. The smallest absolute Gasteiger partial charge is 0.337 e. The van der Waals surface area contributed by atoms with Crippen LogP contribution in [0, 0.1) is 17.8 Å². The summed E-state index contributed by atoms with van der Waals surface area (Å²) in [6.07, 6.45) is 3.84. The van der Waals surface area contributed by atoms with Crippen molar-refractivity contribution in [3.05, 3.63) is 59.2 Å². The highest BCUT2D eigenvalue weighted by atomic mass is 16.5. The molecule has 4 heteroatoms. The molecule has 5 rings (SSSR count). The number of hydrogen-bond acceptors (Lipinski definition) is 3. The first-order valence-corrected chi connectivity index (χ1v) is 9.44. The minimum Gasteiger partial charge on any atom is -0.497 e. The zero-order chi connectivity index (χ0) is 17.8. The number of benzene rings is 2. The number of rotatable bonds is 3. The molecule has 2 saturated carbocycles. The van der Waals surface area contributed by atoms with Gasteiger partial charge in [0.1, 0.15) is 5.75 Å². The number of carboxylic acid groups (broad SMARTS) is 1. The maximum atomic E-state index is 11.8. The fraction of sp³-hybridized carbons (Fsp3) is 0.409. The Labute approximate surface area is 153 Å². The van der Waals surface area contributed by atoms with Crippen LogP contribution in [-0.2, 0) is 0 Å². The first kappa shape index (κ1) is 15.7. The number of carbonyl (C=O) groups is 1. The molecule has 4 nitrogen and oxygen atoms in total. The van der Waals surface area contributed by atoms with Crippen molar-refractivity contribution in [1.29, 1.82) is 0 Å². The highest BCUT2D eigenvalue weighted by Gasteiger charge is 2.54. The number of para-hydroxylation sites is 1. The number of anilines is 1. The van der Waals surface area contributed by atoms with Gasteiger partial charge in [0.15, 0.2) is 0 Å². The van der Waals surface area contributed by atoms with Gasteiger partial charge in [-0.25, -0.2) is 4.79 Å². The Hall–Kier alpha value is -2.49. The third kappa shape index (κ3) is 2.17. The summed E-state index contributed by atoms with van der Waals surface area (Å²) in [4.78, 5) is 11.8. The first-order valence-electron chi connectivity index (χ1n) is 9.44. The first-order chi connectivity index (χ1) is 12.7. The summed E-state index contributed by atoms with van der Waals surface area (Å²) in [6.45, 7) is 0. The quantitative estimate of drug-likeness (QED) is 0.844. The van der Waals surface area contributed by atoms with Crippen LogP contribution in [0.3, 0.4) is 0 Å². The van der Waals surface area contributed by atoms with Crippen molar-refractivity contribution in [3.8, 4) is 5.75 Å². The maximum Gasteiger partial charge on any atom is 0.337 e. The molecule has 2 fully saturated rings. The van der Waals surface area contributed by atoms with Crippen molar-refractivity contribution < 1.29 is 14.6 Å². The van der Waals surface area contributed by atoms with E-state index in [1.165, 1.54) is 30.4 Å². The van der Waals surface area contributed by atoms with E-state index in [1.54, 1.807) is 13.2 Å². The van der Waals surface area contributed by atoms with E-state index >= 15 is 0 Å². The Balaban J connectivity index is 1.66. The Kier molecular flexibility index (Phi) is 3.49. The average molecular weight is 349 g/mol. The van der Waals surface area contributed by atoms with Crippen LogP contribution in [0.25, 0.3) is 0 Å². The lowest BCUT2D eigenvalue weighted by Crippen LogP contribution is -2.36. The average Bonchev–Trinajstić information content (AvgIpc) is 3.29. The van der Waals surface area contributed by atoms with E-state index in [9.17, 15) is 9.90 Å². The number of nitrogens with one attached hydrogen (secondary N) is 1. The van der Waals surface area contributed by atoms with Crippen LogP contribution in [0.4, 0.5) is 5.69 Å². The van der Waals surface area contributed by atoms with Crippen LogP contribution in [0.2, 0.25) is 0 Å². The number of carboxylic acids is 1. The van der Waals surface area contributed by atoms with Gasteiger partial charge in [-0.2, -0.15) is 0 Å². The van der Waals surface area contributed by atoms with Gasteiger partial charge in [0.25, 0.3) is 0 Å². The van der Waals surface area contributed by atoms with E-state index < -0.39 is 5.97 Å². The molecule has 5 atom stereocenters.